The predicted molar refractivity (Wildman–Crippen MR) is 81.0 cm³/mol. The highest BCUT2D eigenvalue weighted by molar-refractivity contribution is 6.35. The molecule has 5 heteroatoms. The van der Waals surface area contributed by atoms with Gasteiger partial charge in [0.05, 0.1) is 29.3 Å². The summed E-state index contributed by atoms with van der Waals surface area (Å²) in [7, 11) is 1.39. The van der Waals surface area contributed by atoms with Gasteiger partial charge in [-0.3, -0.25) is 9.78 Å². The summed E-state index contributed by atoms with van der Waals surface area (Å²) in [4.78, 5) is 15.9. The van der Waals surface area contributed by atoms with Crippen molar-refractivity contribution in [2.75, 3.05) is 12.4 Å². The molecule has 4 nitrogen and oxygen atoms in total. The van der Waals surface area contributed by atoms with Gasteiger partial charge in [0.2, 0.25) is 0 Å². The lowest BCUT2D eigenvalue weighted by molar-refractivity contribution is -0.145. The zero-order valence-electron chi connectivity index (χ0n) is 11.7. The number of hydrogen-bond acceptors (Lipinski definition) is 4. The van der Waals surface area contributed by atoms with Crippen molar-refractivity contribution in [2.45, 2.75) is 19.9 Å². The number of esters is 1. The van der Waals surface area contributed by atoms with Gasteiger partial charge in [-0.05, 0) is 38.1 Å². The van der Waals surface area contributed by atoms with E-state index in [2.05, 4.69) is 10.3 Å². The first-order chi connectivity index (χ1) is 9.54. The number of carbonyl (C=O) groups is 1. The van der Waals surface area contributed by atoms with E-state index in [9.17, 15) is 4.79 Å². The Morgan fingerprint density at radius 3 is 2.80 bits per heavy atom. The Bertz CT molecular complexity index is 630. The molecule has 0 amide bonds. The molecule has 0 aliphatic rings. The number of nitrogens with one attached hydrogen (secondary N) is 1. The number of halogens is 1. The second-order valence-corrected chi connectivity index (χ2v) is 5.15. The molecule has 0 saturated carbocycles. The van der Waals surface area contributed by atoms with Gasteiger partial charge in [-0.15, -0.1) is 0 Å². The van der Waals surface area contributed by atoms with Crippen molar-refractivity contribution in [1.29, 1.82) is 0 Å². The fourth-order valence-corrected chi connectivity index (χ4v) is 2.23. The summed E-state index contributed by atoms with van der Waals surface area (Å²) in [6.45, 7) is 3.76. The molecule has 0 aliphatic heterocycles. The average molecular weight is 293 g/mol. The van der Waals surface area contributed by atoms with Gasteiger partial charge in [0, 0.05) is 17.6 Å². The van der Waals surface area contributed by atoms with Crippen molar-refractivity contribution in [3.63, 3.8) is 0 Å². The van der Waals surface area contributed by atoms with Crippen LogP contribution in [0.15, 0.2) is 30.5 Å². The molecule has 0 saturated heterocycles. The van der Waals surface area contributed by atoms with Crippen molar-refractivity contribution in [2.24, 2.45) is 5.92 Å². The number of hydrogen-bond donors (Lipinski definition) is 1. The topological polar surface area (TPSA) is 51.2 Å². The van der Waals surface area contributed by atoms with E-state index in [1.807, 2.05) is 38.1 Å². The molecule has 1 N–H and O–H groups in total. The van der Waals surface area contributed by atoms with E-state index in [1.54, 1.807) is 6.20 Å². The Labute approximate surface area is 123 Å². The molecule has 20 heavy (non-hydrogen) atoms. The zero-order chi connectivity index (χ0) is 14.7. The summed E-state index contributed by atoms with van der Waals surface area (Å²) in [5.74, 6) is -0.495. The summed E-state index contributed by atoms with van der Waals surface area (Å²) in [6.07, 6.45) is 1.72. The van der Waals surface area contributed by atoms with Gasteiger partial charge in [-0.25, -0.2) is 0 Å². The SMILES string of the molecule is COC(=O)C(C)C(C)Nc1ccc(Cl)c2cccnc12. The first-order valence-corrected chi connectivity index (χ1v) is 6.80. The highest BCUT2D eigenvalue weighted by atomic mass is 35.5. The van der Waals surface area contributed by atoms with Crippen LogP contribution in [0.4, 0.5) is 5.69 Å². The maximum absolute atomic E-state index is 11.6. The third-order valence-corrected chi connectivity index (χ3v) is 3.75. The first-order valence-electron chi connectivity index (χ1n) is 6.42. The molecular weight excluding hydrogens is 276 g/mol. The van der Waals surface area contributed by atoms with Gasteiger partial charge < -0.3 is 10.1 Å². The highest BCUT2D eigenvalue weighted by Gasteiger charge is 2.21. The number of nitrogens with zero attached hydrogens (tertiary/aromatic N) is 1. The molecule has 0 fully saturated rings. The van der Waals surface area contributed by atoms with E-state index in [0.29, 0.717) is 5.02 Å². The van der Waals surface area contributed by atoms with Crippen LogP contribution in [-0.2, 0) is 9.53 Å². The van der Waals surface area contributed by atoms with Gasteiger partial charge in [-0.1, -0.05) is 11.6 Å². The Morgan fingerprint density at radius 1 is 1.35 bits per heavy atom. The summed E-state index contributed by atoms with van der Waals surface area (Å²) >= 11 is 6.16. The minimum atomic E-state index is -0.255. The van der Waals surface area contributed by atoms with Crippen LogP contribution >= 0.6 is 11.6 Å². The second kappa shape index (κ2) is 6.09. The Morgan fingerprint density at radius 2 is 2.10 bits per heavy atom. The van der Waals surface area contributed by atoms with E-state index in [0.717, 1.165) is 16.6 Å². The maximum atomic E-state index is 11.6. The number of rotatable bonds is 4. The monoisotopic (exact) mass is 292 g/mol. The fraction of sp³-hybridized carbons (Fsp3) is 0.333. The number of methoxy groups -OCH3 is 1. The zero-order valence-corrected chi connectivity index (χ0v) is 12.4. The summed E-state index contributed by atoms with van der Waals surface area (Å²) < 4.78 is 4.76. The van der Waals surface area contributed by atoms with Gasteiger partial charge in [-0.2, -0.15) is 0 Å². The number of ether oxygens (including phenoxy) is 1. The number of anilines is 1. The van der Waals surface area contributed by atoms with Crippen LogP contribution in [0.5, 0.6) is 0 Å². The van der Waals surface area contributed by atoms with Crippen LogP contribution in [0.3, 0.4) is 0 Å². The number of carbonyl (C=O) groups excluding carboxylic acids is 1. The predicted octanol–water partition coefficient (Wildman–Crippen LogP) is 3.50. The molecule has 0 aliphatic carbocycles. The van der Waals surface area contributed by atoms with Crippen molar-refractivity contribution in [3.8, 4) is 0 Å². The van der Waals surface area contributed by atoms with Gasteiger partial charge in [0.1, 0.15) is 0 Å². The van der Waals surface area contributed by atoms with E-state index in [4.69, 9.17) is 16.3 Å². The van der Waals surface area contributed by atoms with Crippen LogP contribution in [0.2, 0.25) is 5.02 Å². The highest BCUT2D eigenvalue weighted by Crippen LogP contribution is 2.29. The minimum Gasteiger partial charge on any atom is -0.469 e. The van der Waals surface area contributed by atoms with Gasteiger partial charge >= 0.3 is 5.97 Å². The van der Waals surface area contributed by atoms with Gasteiger partial charge in [0.25, 0.3) is 0 Å². The molecule has 1 aromatic carbocycles. The Kier molecular flexibility index (Phi) is 4.45. The van der Waals surface area contributed by atoms with E-state index in [1.165, 1.54) is 7.11 Å². The average Bonchev–Trinajstić information content (AvgIpc) is 2.48. The van der Waals surface area contributed by atoms with Crippen molar-refractivity contribution < 1.29 is 9.53 Å². The lowest BCUT2D eigenvalue weighted by atomic mass is 10.0. The minimum absolute atomic E-state index is 0.0752. The molecular formula is C15H17ClN2O2. The number of pyridine rings is 1. The summed E-state index contributed by atoms with van der Waals surface area (Å²) in [5.41, 5.74) is 1.65. The molecule has 2 atom stereocenters. The molecule has 106 valence electrons. The standard InChI is InChI=1S/C15H17ClN2O2/c1-9(15(19)20-3)10(2)18-13-7-6-12(16)11-5-4-8-17-14(11)13/h4-10,18H,1-3H3. The van der Waals surface area contributed by atoms with Crippen molar-refractivity contribution in [3.05, 3.63) is 35.5 Å². The summed E-state index contributed by atoms with van der Waals surface area (Å²) in [5, 5.41) is 4.85. The Balaban J connectivity index is 2.30. The Hall–Kier alpha value is -1.81. The lowest BCUT2D eigenvalue weighted by Gasteiger charge is -2.21. The first kappa shape index (κ1) is 14.6. The van der Waals surface area contributed by atoms with E-state index < -0.39 is 0 Å². The largest absolute Gasteiger partial charge is 0.469 e. The third kappa shape index (κ3) is 2.85. The molecule has 0 bridgehead atoms. The molecule has 1 aromatic heterocycles. The van der Waals surface area contributed by atoms with Crippen molar-refractivity contribution >= 4 is 34.2 Å². The van der Waals surface area contributed by atoms with Crippen LogP contribution < -0.4 is 5.32 Å². The fourth-order valence-electron chi connectivity index (χ4n) is 2.01. The smallest absolute Gasteiger partial charge is 0.310 e. The number of benzene rings is 1. The normalized spacial score (nSPS) is 13.8. The van der Waals surface area contributed by atoms with Crippen molar-refractivity contribution in [1.82, 2.24) is 4.98 Å². The van der Waals surface area contributed by atoms with Crippen LogP contribution in [0.1, 0.15) is 13.8 Å². The maximum Gasteiger partial charge on any atom is 0.310 e. The molecule has 0 radical (unpaired) electrons. The molecule has 2 rings (SSSR count). The molecule has 2 aromatic rings. The molecule has 2 unspecified atom stereocenters. The van der Waals surface area contributed by atoms with E-state index >= 15 is 0 Å². The van der Waals surface area contributed by atoms with Crippen LogP contribution in [0, 0.1) is 5.92 Å². The lowest BCUT2D eigenvalue weighted by Crippen LogP contribution is -2.30. The van der Waals surface area contributed by atoms with Gasteiger partial charge in [0.15, 0.2) is 0 Å². The quantitative estimate of drug-likeness (QED) is 0.876. The number of aromatic nitrogens is 1. The molecule has 0 spiro atoms. The van der Waals surface area contributed by atoms with Crippen LogP contribution in [-0.4, -0.2) is 24.1 Å². The number of fused-ring (bicyclic) bond motifs is 1. The van der Waals surface area contributed by atoms with Crippen LogP contribution in [0.25, 0.3) is 10.9 Å². The molecule has 1 heterocycles. The second-order valence-electron chi connectivity index (χ2n) is 4.74. The van der Waals surface area contributed by atoms with E-state index in [-0.39, 0.29) is 17.9 Å². The third-order valence-electron chi connectivity index (χ3n) is 3.42. The summed E-state index contributed by atoms with van der Waals surface area (Å²) in [6, 6.07) is 7.39.